The van der Waals surface area contributed by atoms with Crippen LogP contribution in [0, 0.1) is 11.8 Å². The Labute approximate surface area is 318 Å². The summed E-state index contributed by atoms with van der Waals surface area (Å²) in [4.78, 5) is 38.5. The fourth-order valence-electron chi connectivity index (χ4n) is 6.13. The molecule has 1 aliphatic rings. The molecule has 0 bridgehead atoms. The zero-order valence-corrected chi connectivity index (χ0v) is 31.9. The number of carbonyl (C=O) groups is 3. The molecular formula is C42H56N2O10. The van der Waals surface area contributed by atoms with Crippen LogP contribution in [-0.2, 0) is 62.6 Å². The fraction of sp³-hybridized carbons (Fsp3) is 0.500. The lowest BCUT2D eigenvalue weighted by molar-refractivity contribution is -0.317. The summed E-state index contributed by atoms with van der Waals surface area (Å²) in [5.41, 5.74) is 2.80. The zero-order valence-electron chi connectivity index (χ0n) is 31.9. The average Bonchev–Trinajstić information content (AvgIpc) is 3.17. The van der Waals surface area contributed by atoms with Crippen molar-refractivity contribution in [1.29, 1.82) is 0 Å². The van der Waals surface area contributed by atoms with Crippen molar-refractivity contribution in [3.63, 3.8) is 0 Å². The van der Waals surface area contributed by atoms with Crippen LogP contribution in [0.1, 0.15) is 57.2 Å². The molecule has 0 radical (unpaired) electrons. The average molecular weight is 749 g/mol. The molecule has 3 aromatic carbocycles. The summed E-state index contributed by atoms with van der Waals surface area (Å²) in [5.74, 6) is -1.53. The number of hydrogen-bond acceptors (Lipinski definition) is 10. The topological polar surface area (TPSA) is 151 Å². The summed E-state index contributed by atoms with van der Waals surface area (Å²) in [7, 11) is 1.27. The van der Waals surface area contributed by atoms with E-state index in [0.29, 0.717) is 6.42 Å². The van der Waals surface area contributed by atoms with E-state index in [2.05, 4.69) is 10.6 Å². The van der Waals surface area contributed by atoms with E-state index >= 15 is 0 Å². The van der Waals surface area contributed by atoms with Gasteiger partial charge in [0, 0.05) is 6.42 Å². The first-order valence-electron chi connectivity index (χ1n) is 18.6. The highest BCUT2D eigenvalue weighted by Crippen LogP contribution is 2.30. The number of nitrogens with one attached hydrogen (secondary N) is 2. The van der Waals surface area contributed by atoms with Crippen molar-refractivity contribution in [3.8, 4) is 0 Å². The maximum Gasteiger partial charge on any atom is 0.328 e. The van der Waals surface area contributed by atoms with Crippen molar-refractivity contribution in [1.82, 2.24) is 10.6 Å². The smallest absolute Gasteiger partial charge is 0.328 e. The molecule has 3 N–H and O–H groups in total. The molecule has 1 unspecified atom stereocenters. The van der Waals surface area contributed by atoms with Crippen LogP contribution in [0.5, 0.6) is 0 Å². The second-order valence-electron chi connectivity index (χ2n) is 14.2. The van der Waals surface area contributed by atoms with E-state index in [0.717, 1.165) is 16.7 Å². The number of hydrogen-bond donors (Lipinski definition) is 3. The zero-order chi connectivity index (χ0) is 38.9. The molecule has 12 nitrogen and oxygen atoms in total. The van der Waals surface area contributed by atoms with Gasteiger partial charge >= 0.3 is 5.97 Å². The first-order valence-corrected chi connectivity index (χ1v) is 18.6. The van der Waals surface area contributed by atoms with Crippen LogP contribution < -0.4 is 10.6 Å². The van der Waals surface area contributed by atoms with Gasteiger partial charge in [0.25, 0.3) is 0 Å². The summed E-state index contributed by atoms with van der Waals surface area (Å²) in [6.45, 7) is 8.18. The van der Waals surface area contributed by atoms with Gasteiger partial charge in [-0.25, -0.2) is 4.79 Å². The normalized spacial score (nSPS) is 21.0. The van der Waals surface area contributed by atoms with Crippen molar-refractivity contribution in [2.75, 3.05) is 20.3 Å². The summed E-state index contributed by atoms with van der Waals surface area (Å²) in [6, 6.07) is 27.3. The largest absolute Gasteiger partial charge is 0.467 e. The molecule has 3 aromatic rings. The minimum Gasteiger partial charge on any atom is -0.467 e. The lowest BCUT2D eigenvalue weighted by Crippen LogP contribution is -2.61. The summed E-state index contributed by atoms with van der Waals surface area (Å²) < 4.78 is 36.2. The second kappa shape index (κ2) is 22.3. The van der Waals surface area contributed by atoms with E-state index in [-0.39, 0.29) is 51.3 Å². The van der Waals surface area contributed by atoms with Crippen molar-refractivity contribution in [2.24, 2.45) is 11.8 Å². The van der Waals surface area contributed by atoms with Crippen molar-refractivity contribution in [3.05, 3.63) is 108 Å². The van der Waals surface area contributed by atoms with Crippen LogP contribution in [0.3, 0.4) is 0 Å². The van der Waals surface area contributed by atoms with Gasteiger partial charge in [-0.05, 0) is 34.9 Å². The maximum absolute atomic E-state index is 13.2. The Kier molecular flexibility index (Phi) is 17.6. The first kappa shape index (κ1) is 42.6. The standard InChI is InChI=1S/C42H56N2O10/c1-28(2)23-33(41(47)49-5)43-40(46)36(29(3)4)44-35(45)21-22-50-27-34-37(51-24-30-15-9-6-10-16-30)38(52-25-31-17-11-7-12-18-31)39(42(48)54-34)53-26-32-19-13-8-14-20-32/h6-20,28-29,33-34,36-39,42,48H,21-27H2,1-5H3,(H,43,46)(H,44,45)/t33-,34+,36-,37+,38-,39+,42?/m0/s1. The number of benzene rings is 3. The molecule has 0 aliphatic carbocycles. The molecule has 4 rings (SSSR count). The lowest BCUT2D eigenvalue weighted by Gasteiger charge is -2.44. The number of rotatable bonds is 21. The number of esters is 1. The lowest BCUT2D eigenvalue weighted by atomic mass is 9.98. The molecule has 0 spiro atoms. The highest BCUT2D eigenvalue weighted by Gasteiger charge is 2.48. The van der Waals surface area contributed by atoms with Crippen LogP contribution in [0.15, 0.2) is 91.0 Å². The molecule has 0 aromatic heterocycles. The molecule has 7 atom stereocenters. The molecule has 294 valence electrons. The molecule has 1 fully saturated rings. The van der Waals surface area contributed by atoms with Gasteiger partial charge in [-0.15, -0.1) is 0 Å². The van der Waals surface area contributed by atoms with Crippen LogP contribution in [0.2, 0.25) is 0 Å². The van der Waals surface area contributed by atoms with Gasteiger partial charge in [0.2, 0.25) is 11.8 Å². The van der Waals surface area contributed by atoms with Crippen LogP contribution >= 0.6 is 0 Å². The number of methoxy groups -OCH3 is 1. The Morgan fingerprint density at radius 2 is 1.22 bits per heavy atom. The van der Waals surface area contributed by atoms with E-state index in [9.17, 15) is 19.5 Å². The third-order valence-corrected chi connectivity index (χ3v) is 9.00. The molecule has 0 saturated carbocycles. The highest BCUT2D eigenvalue weighted by atomic mass is 16.7. The number of amides is 2. The number of ether oxygens (including phenoxy) is 6. The summed E-state index contributed by atoms with van der Waals surface area (Å²) in [5, 5.41) is 16.8. The third-order valence-electron chi connectivity index (χ3n) is 9.00. The first-order chi connectivity index (χ1) is 26.0. The molecule has 1 aliphatic heterocycles. The van der Waals surface area contributed by atoms with Gasteiger partial charge in [-0.1, -0.05) is 119 Å². The second-order valence-corrected chi connectivity index (χ2v) is 14.2. The molecule has 2 amide bonds. The number of aliphatic hydroxyl groups excluding tert-OH is 1. The molecule has 1 heterocycles. The highest BCUT2D eigenvalue weighted by molar-refractivity contribution is 5.90. The molecular weight excluding hydrogens is 692 g/mol. The Morgan fingerprint density at radius 1 is 0.722 bits per heavy atom. The Hall–Kier alpha value is -4.17. The predicted molar refractivity (Wildman–Crippen MR) is 202 cm³/mol. The van der Waals surface area contributed by atoms with E-state index in [1.807, 2.05) is 119 Å². The van der Waals surface area contributed by atoms with Crippen molar-refractivity contribution >= 4 is 17.8 Å². The summed E-state index contributed by atoms with van der Waals surface area (Å²) >= 11 is 0. The van der Waals surface area contributed by atoms with Gasteiger partial charge in [0.15, 0.2) is 6.29 Å². The van der Waals surface area contributed by atoms with Crippen molar-refractivity contribution in [2.45, 2.75) is 103 Å². The van der Waals surface area contributed by atoms with E-state index in [4.69, 9.17) is 28.4 Å². The van der Waals surface area contributed by atoms with Gasteiger partial charge < -0.3 is 44.2 Å². The van der Waals surface area contributed by atoms with Crippen molar-refractivity contribution < 1.29 is 47.9 Å². The predicted octanol–water partition coefficient (Wildman–Crippen LogP) is 4.71. The minimum absolute atomic E-state index is 0.00123. The van der Waals surface area contributed by atoms with E-state index in [1.165, 1.54) is 7.11 Å². The van der Waals surface area contributed by atoms with Gasteiger partial charge in [0.05, 0.1) is 40.1 Å². The fourth-order valence-corrected chi connectivity index (χ4v) is 6.13. The quantitative estimate of drug-likeness (QED) is 0.103. The molecule has 12 heteroatoms. The van der Waals surface area contributed by atoms with Gasteiger partial charge in [0.1, 0.15) is 36.5 Å². The number of aliphatic hydroxyl groups is 1. The molecule has 1 saturated heterocycles. The third kappa shape index (κ3) is 13.6. The van der Waals surface area contributed by atoms with Crippen LogP contribution in [-0.4, -0.2) is 86.0 Å². The van der Waals surface area contributed by atoms with Crippen LogP contribution in [0.25, 0.3) is 0 Å². The minimum atomic E-state index is -1.36. The Balaban J connectivity index is 1.43. The Bertz CT molecular complexity index is 1540. The SMILES string of the molecule is COC(=O)[C@H](CC(C)C)NC(=O)[C@@H](NC(=O)CCOC[C@H]1OC(O)[C@H](OCc2ccccc2)[C@@H](OCc2ccccc2)[C@@H]1OCc1ccccc1)C(C)C. The monoisotopic (exact) mass is 748 g/mol. The van der Waals surface area contributed by atoms with E-state index < -0.39 is 60.6 Å². The molecule has 54 heavy (non-hydrogen) atoms. The van der Waals surface area contributed by atoms with Crippen LogP contribution in [0.4, 0.5) is 0 Å². The van der Waals surface area contributed by atoms with E-state index in [1.54, 1.807) is 0 Å². The van der Waals surface area contributed by atoms with Gasteiger partial charge in [-0.2, -0.15) is 0 Å². The summed E-state index contributed by atoms with van der Waals surface area (Å²) in [6.07, 6.45) is -4.17. The Morgan fingerprint density at radius 3 is 1.70 bits per heavy atom. The number of carbonyl (C=O) groups excluding carboxylic acids is 3. The maximum atomic E-state index is 13.2. The van der Waals surface area contributed by atoms with Gasteiger partial charge in [-0.3, -0.25) is 9.59 Å².